The average Bonchev–Trinajstić information content (AvgIpc) is 4.35. The Bertz CT molecular complexity index is 2540. The number of hydrogen-bond acceptors (Lipinski definition) is 10. The lowest BCUT2D eigenvalue weighted by Gasteiger charge is -2.13. The number of nitrogens with zero attached hydrogens (tertiary/aromatic N) is 9. The van der Waals surface area contributed by atoms with E-state index in [4.69, 9.17) is 37.9 Å². The van der Waals surface area contributed by atoms with Gasteiger partial charge in [0.1, 0.15) is 0 Å². The molecule has 0 bridgehead atoms. The van der Waals surface area contributed by atoms with Crippen molar-refractivity contribution in [2.24, 2.45) is 5.73 Å². The Morgan fingerprint density at radius 3 is 1.30 bits per heavy atom. The van der Waals surface area contributed by atoms with Gasteiger partial charge in [0.25, 0.3) is 0 Å². The van der Waals surface area contributed by atoms with E-state index in [1.165, 1.54) is 11.1 Å². The van der Waals surface area contributed by atoms with E-state index >= 15 is 0 Å². The molecule has 0 saturated carbocycles. The molecular formula is C57H70BrN13O2S. The summed E-state index contributed by atoms with van der Waals surface area (Å²) in [6.07, 6.45) is 21.7. The molecule has 4 heterocycles. The monoisotopic (exact) mass is 1080 g/mol. The topological polar surface area (TPSA) is 198 Å². The normalized spacial score (nSPS) is 8.89. The quantitative estimate of drug-likeness (QED) is 0.0789. The minimum absolute atomic E-state index is 0.561. The highest BCUT2D eigenvalue weighted by atomic mass is 79.9. The lowest BCUT2D eigenvalue weighted by atomic mass is 10.2. The number of rotatable bonds is 9. The van der Waals surface area contributed by atoms with Crippen molar-refractivity contribution >= 4 is 38.9 Å². The molecule has 0 aliphatic rings. The number of aryl methyl sites for hydroxylation is 3. The number of nitrogens with one attached hydrogen (secondary N) is 3. The summed E-state index contributed by atoms with van der Waals surface area (Å²) in [6.45, 7) is 12.7. The molecule has 388 valence electrons. The van der Waals surface area contributed by atoms with Crippen LogP contribution >= 0.6 is 28.1 Å². The summed E-state index contributed by atoms with van der Waals surface area (Å²) in [4.78, 5) is 18.0. The number of ether oxygens (including phenoxy) is 2. The molecule has 15 nitrogen and oxygen atoms in total. The number of imidazole rings is 4. The Labute approximate surface area is 451 Å². The molecule has 4 aromatic heterocycles. The molecule has 0 saturated heterocycles. The number of benzene rings is 5. The molecule has 17 heteroatoms. The molecule has 0 spiro atoms. The van der Waals surface area contributed by atoms with Gasteiger partial charge in [-0.15, -0.1) is 0 Å². The van der Waals surface area contributed by atoms with Crippen LogP contribution in [0.1, 0.15) is 49.9 Å². The second-order valence-electron chi connectivity index (χ2n) is 14.2. The molecule has 5 aromatic carbocycles. The van der Waals surface area contributed by atoms with Crippen LogP contribution in [-0.4, -0.2) is 63.3 Å². The van der Waals surface area contributed by atoms with Gasteiger partial charge in [0.15, 0.2) is 16.6 Å². The largest absolute Gasteiger partial charge is 0.493 e. The first-order chi connectivity index (χ1) is 36.2. The number of thiocarbonyl (C=S) groups is 1. The number of aromatic nitrogens is 8. The summed E-state index contributed by atoms with van der Waals surface area (Å²) in [5.41, 5.74) is 9.99. The van der Waals surface area contributed by atoms with E-state index < -0.39 is 0 Å². The first-order valence-corrected chi connectivity index (χ1v) is 25.1. The molecule has 0 aliphatic heterocycles. The Morgan fingerprint density at radius 2 is 1.03 bits per heavy atom. The summed E-state index contributed by atoms with van der Waals surface area (Å²) in [5.74, 6) is 1.35. The van der Waals surface area contributed by atoms with Gasteiger partial charge in [-0.05, 0) is 80.5 Å². The van der Waals surface area contributed by atoms with E-state index in [9.17, 15) is 0 Å². The maximum atomic E-state index is 8.29. The summed E-state index contributed by atoms with van der Waals surface area (Å²) >= 11 is 8.43. The molecule has 74 heavy (non-hydrogen) atoms. The van der Waals surface area contributed by atoms with Gasteiger partial charge in [0.05, 0.1) is 62.8 Å². The third-order valence-electron chi connectivity index (χ3n) is 9.00. The third-order valence-corrected chi connectivity index (χ3v) is 9.25. The average molecular weight is 1080 g/mol. The molecule has 9 rings (SSSR count). The third kappa shape index (κ3) is 32.5. The fourth-order valence-corrected chi connectivity index (χ4v) is 5.33. The van der Waals surface area contributed by atoms with Gasteiger partial charge < -0.3 is 44.5 Å². The van der Waals surface area contributed by atoms with Crippen LogP contribution in [0.15, 0.2) is 214 Å². The number of nitriles is 2. The van der Waals surface area contributed by atoms with Crippen LogP contribution < -0.4 is 25.8 Å². The minimum atomic E-state index is 0.561. The number of halogens is 1. The molecule has 0 amide bonds. The van der Waals surface area contributed by atoms with Gasteiger partial charge in [-0.2, -0.15) is 10.5 Å². The van der Waals surface area contributed by atoms with Gasteiger partial charge in [0, 0.05) is 99.4 Å². The maximum absolute atomic E-state index is 8.29. The number of methoxy groups -OCH3 is 2. The zero-order valence-corrected chi connectivity index (χ0v) is 45.6. The number of aromatic amines is 1. The summed E-state index contributed by atoms with van der Waals surface area (Å²) < 4.78 is 16.5. The van der Waals surface area contributed by atoms with Crippen molar-refractivity contribution in [3.63, 3.8) is 0 Å². The second-order valence-corrected chi connectivity index (χ2v) is 15.7. The van der Waals surface area contributed by atoms with Gasteiger partial charge in [-0.25, -0.2) is 19.9 Å². The van der Waals surface area contributed by atoms with E-state index in [0.717, 1.165) is 30.7 Å². The molecule has 0 atom stereocenters. The molecule has 5 N–H and O–H groups in total. The van der Waals surface area contributed by atoms with Crippen molar-refractivity contribution in [1.82, 2.24) is 43.9 Å². The Balaban J connectivity index is 0.000000441. The highest BCUT2D eigenvalue weighted by Gasteiger charge is 2.05. The van der Waals surface area contributed by atoms with Crippen molar-refractivity contribution in [1.29, 1.82) is 10.5 Å². The molecule has 0 unspecified atom stereocenters. The number of hydrogen-bond donors (Lipinski definition) is 4. The van der Waals surface area contributed by atoms with Crippen LogP contribution in [0.5, 0.6) is 11.5 Å². The van der Waals surface area contributed by atoms with Crippen LogP contribution in [0.25, 0.3) is 0 Å². The summed E-state index contributed by atoms with van der Waals surface area (Å²) in [5, 5.41) is 24.5. The number of anilines is 1. The molecule has 0 fully saturated rings. The second kappa shape index (κ2) is 44.6. The molecular weight excluding hydrogens is 1010 g/mol. The van der Waals surface area contributed by atoms with Crippen LogP contribution in [0, 0.1) is 22.7 Å². The smallest absolute Gasteiger partial charge is 0.171 e. The van der Waals surface area contributed by atoms with Crippen LogP contribution in [0.3, 0.4) is 0 Å². The first-order valence-electron chi connectivity index (χ1n) is 23.5. The van der Waals surface area contributed by atoms with Crippen molar-refractivity contribution in [2.75, 3.05) is 24.9 Å². The van der Waals surface area contributed by atoms with Crippen LogP contribution in [0.4, 0.5) is 5.69 Å². The predicted octanol–water partition coefficient (Wildman–Crippen LogP) is 12.0. The number of H-pyrrole nitrogens is 1. The van der Waals surface area contributed by atoms with Gasteiger partial charge in [-0.1, -0.05) is 120 Å². The lowest BCUT2D eigenvalue weighted by Crippen LogP contribution is -2.27. The van der Waals surface area contributed by atoms with Crippen molar-refractivity contribution in [2.45, 2.75) is 60.4 Å². The van der Waals surface area contributed by atoms with Crippen molar-refractivity contribution in [3.8, 4) is 23.6 Å². The molecule has 9 aromatic rings. The minimum Gasteiger partial charge on any atom is -0.493 e. The fourth-order valence-electron chi connectivity index (χ4n) is 5.14. The summed E-state index contributed by atoms with van der Waals surface area (Å²) in [6, 6.07) is 48.0. The Kier molecular flexibility index (Phi) is 38.4. The first kappa shape index (κ1) is 63.7. The maximum Gasteiger partial charge on any atom is 0.171 e. The van der Waals surface area contributed by atoms with Crippen molar-refractivity contribution < 1.29 is 9.47 Å². The van der Waals surface area contributed by atoms with E-state index in [1.54, 1.807) is 94.8 Å². The highest BCUT2D eigenvalue weighted by Crippen LogP contribution is 2.29. The molecule has 0 radical (unpaired) electrons. The standard InChI is InChI=1S/C16H18N2O2S.C7H9N.2C7H5N.3C5H8N2.C3H4N2.C2H5Br/c1-19-14-9-8-13(10-15(14)20-2)18-16(21)17-11-12-6-4-3-5-7-12;3*8-6-7-4-2-1-3-5-7;3*1-2-7-4-3-6-5-7;1-2-5-3-4-1;1-2-3/h3-10H,11H2,1-2H3,(H2,17,18,21);1-5H,6,8H2;2*1-5H;3*3-5H,2H2,1H3;1-3H,(H,4,5);2H2,1H3. The summed E-state index contributed by atoms with van der Waals surface area (Å²) in [7, 11) is 3.21. The molecule has 0 aliphatic carbocycles. The van der Waals surface area contributed by atoms with Gasteiger partial charge >= 0.3 is 0 Å². The van der Waals surface area contributed by atoms with Gasteiger partial charge in [0.2, 0.25) is 0 Å². The van der Waals surface area contributed by atoms with E-state index in [0.29, 0.717) is 40.8 Å². The zero-order chi connectivity index (χ0) is 54.1. The number of alkyl halides is 1. The van der Waals surface area contributed by atoms with Crippen molar-refractivity contribution in [3.05, 3.63) is 237 Å². The van der Waals surface area contributed by atoms with Crippen LogP contribution in [-0.2, 0) is 32.7 Å². The SMILES string of the molecule is CCBr.CCn1ccnc1.CCn1ccnc1.CCn1ccnc1.COc1ccc(NC(=S)NCc2ccccc2)cc1OC.N#Cc1ccccc1.N#Cc1ccccc1.NCc1ccccc1.c1c[nH]cn1. The van der Waals surface area contributed by atoms with Gasteiger partial charge in [-0.3, -0.25) is 0 Å². The fraction of sp³-hybridized carbons (Fsp3) is 0.211. The Hall–Kier alpha value is -8.35. The van der Waals surface area contributed by atoms with E-state index in [1.807, 2.05) is 167 Å². The predicted molar refractivity (Wildman–Crippen MR) is 307 cm³/mol. The lowest BCUT2D eigenvalue weighted by molar-refractivity contribution is 0.355. The Morgan fingerprint density at radius 1 is 0.608 bits per heavy atom. The highest BCUT2D eigenvalue weighted by molar-refractivity contribution is 9.09. The van der Waals surface area contributed by atoms with E-state index in [-0.39, 0.29) is 0 Å². The zero-order valence-electron chi connectivity index (χ0n) is 43.2. The van der Waals surface area contributed by atoms with Crippen LogP contribution in [0.2, 0.25) is 0 Å². The number of nitrogens with two attached hydrogens (primary N) is 1. The van der Waals surface area contributed by atoms with E-state index in [2.05, 4.69) is 72.3 Å².